The Morgan fingerprint density at radius 1 is 0.633 bits per heavy atom. The van der Waals surface area contributed by atoms with Crippen molar-refractivity contribution < 1.29 is 43.2 Å². The summed E-state index contributed by atoms with van der Waals surface area (Å²) in [6.45, 7) is 6.12. The van der Waals surface area contributed by atoms with Crippen LogP contribution in [-0.2, 0) is 38.1 Å². The van der Waals surface area contributed by atoms with Crippen molar-refractivity contribution in [3.63, 3.8) is 0 Å². The van der Waals surface area contributed by atoms with Gasteiger partial charge in [-0.1, -0.05) is 27.7 Å². The smallest absolute Gasteiger partial charge is 0.306 e. The summed E-state index contributed by atoms with van der Waals surface area (Å²) in [7, 11) is 0. The molecule has 0 aliphatic carbocycles. The Hall–Kier alpha value is -2.16. The highest BCUT2D eigenvalue weighted by Gasteiger charge is 2.38. The molecule has 0 heterocycles. The van der Waals surface area contributed by atoms with E-state index in [1.807, 2.05) is 6.92 Å². The normalized spacial score (nSPS) is 13.6. The molecule has 0 bridgehead atoms. The second-order valence-electron chi connectivity index (χ2n) is 6.88. The van der Waals surface area contributed by atoms with Crippen molar-refractivity contribution in [2.75, 3.05) is 13.2 Å². The van der Waals surface area contributed by atoms with E-state index in [2.05, 4.69) is 0 Å². The second-order valence-corrected chi connectivity index (χ2v) is 6.88. The molecule has 0 rings (SSSR count). The maximum Gasteiger partial charge on any atom is 0.306 e. The van der Waals surface area contributed by atoms with Gasteiger partial charge in [0, 0.05) is 25.7 Å². The molecule has 0 fully saturated rings. The van der Waals surface area contributed by atoms with Crippen LogP contribution >= 0.6 is 0 Å². The molecule has 0 spiro atoms. The topological polar surface area (TPSA) is 125 Å². The van der Waals surface area contributed by atoms with Crippen LogP contribution < -0.4 is 0 Å². The number of hydrogen-bond donors (Lipinski definition) is 1. The van der Waals surface area contributed by atoms with Gasteiger partial charge in [-0.2, -0.15) is 0 Å². The molecule has 3 atom stereocenters. The lowest BCUT2D eigenvalue weighted by Gasteiger charge is -2.31. The van der Waals surface area contributed by atoms with Gasteiger partial charge in [-0.05, 0) is 25.7 Å². The third-order valence-corrected chi connectivity index (χ3v) is 3.97. The lowest BCUT2D eigenvalue weighted by Crippen LogP contribution is -2.49. The van der Waals surface area contributed by atoms with Crippen LogP contribution in [0.2, 0.25) is 0 Å². The maximum absolute atomic E-state index is 12.1. The molecule has 30 heavy (non-hydrogen) atoms. The predicted octanol–water partition coefficient (Wildman–Crippen LogP) is 2.46. The van der Waals surface area contributed by atoms with Crippen molar-refractivity contribution >= 4 is 23.9 Å². The van der Waals surface area contributed by atoms with Gasteiger partial charge in [-0.15, -0.1) is 0 Å². The average molecular weight is 433 g/mol. The minimum atomic E-state index is -1.31. The first-order chi connectivity index (χ1) is 14.3. The van der Waals surface area contributed by atoms with Gasteiger partial charge < -0.3 is 24.1 Å². The molecule has 0 aliphatic rings. The van der Waals surface area contributed by atoms with Gasteiger partial charge >= 0.3 is 23.9 Å². The first kappa shape index (κ1) is 27.8. The van der Waals surface area contributed by atoms with Crippen molar-refractivity contribution in [3.05, 3.63) is 0 Å². The highest BCUT2D eigenvalue weighted by molar-refractivity contribution is 5.72. The SMILES string of the molecule is CCCC(=O)OC[C@H](OC(=O)CCC)[C@@H](OC(=O)CCC)[C@@H](CO)OC(=O)CCC. The Morgan fingerprint density at radius 2 is 1.03 bits per heavy atom. The molecular weight excluding hydrogens is 396 g/mol. The van der Waals surface area contributed by atoms with E-state index >= 15 is 0 Å². The monoisotopic (exact) mass is 432 g/mol. The van der Waals surface area contributed by atoms with Crippen LogP contribution in [0.4, 0.5) is 0 Å². The largest absolute Gasteiger partial charge is 0.462 e. The van der Waals surface area contributed by atoms with E-state index in [0.717, 1.165) is 0 Å². The van der Waals surface area contributed by atoms with Gasteiger partial charge in [0.25, 0.3) is 0 Å². The fraction of sp³-hybridized carbons (Fsp3) is 0.810. The summed E-state index contributed by atoms with van der Waals surface area (Å²) in [5, 5.41) is 9.79. The quantitative estimate of drug-likeness (QED) is 0.289. The van der Waals surface area contributed by atoms with Gasteiger partial charge in [0.1, 0.15) is 6.61 Å². The molecule has 174 valence electrons. The first-order valence-electron chi connectivity index (χ1n) is 10.7. The molecule has 0 aromatic carbocycles. The Balaban J connectivity index is 5.67. The molecule has 1 N–H and O–H groups in total. The van der Waals surface area contributed by atoms with Crippen molar-refractivity contribution in [2.24, 2.45) is 0 Å². The summed E-state index contributed by atoms with van der Waals surface area (Å²) < 4.78 is 21.2. The highest BCUT2D eigenvalue weighted by Crippen LogP contribution is 2.17. The number of carbonyl (C=O) groups excluding carboxylic acids is 4. The average Bonchev–Trinajstić information content (AvgIpc) is 2.68. The molecule has 9 nitrogen and oxygen atoms in total. The summed E-state index contributed by atoms with van der Waals surface area (Å²) in [4.78, 5) is 48.0. The second kappa shape index (κ2) is 16.6. The van der Waals surface area contributed by atoms with Crippen molar-refractivity contribution in [3.8, 4) is 0 Å². The summed E-state index contributed by atoms with van der Waals surface area (Å²) in [5.41, 5.74) is 0. The molecular formula is C21H36O9. The fourth-order valence-electron chi connectivity index (χ4n) is 2.53. The highest BCUT2D eigenvalue weighted by atomic mass is 16.6. The van der Waals surface area contributed by atoms with Crippen LogP contribution in [0.5, 0.6) is 0 Å². The summed E-state index contributed by atoms with van der Waals surface area (Å²) in [6, 6.07) is 0. The summed E-state index contributed by atoms with van der Waals surface area (Å²) in [5.74, 6) is -2.28. The minimum Gasteiger partial charge on any atom is -0.462 e. The van der Waals surface area contributed by atoms with Crippen LogP contribution in [0, 0.1) is 0 Å². The number of aliphatic hydroxyl groups excluding tert-OH is 1. The van der Waals surface area contributed by atoms with Crippen LogP contribution in [0.3, 0.4) is 0 Å². The van der Waals surface area contributed by atoms with E-state index in [1.54, 1.807) is 20.8 Å². The molecule has 0 amide bonds. The van der Waals surface area contributed by atoms with Crippen LogP contribution in [0.25, 0.3) is 0 Å². The molecule has 0 aliphatic heterocycles. The van der Waals surface area contributed by atoms with E-state index in [1.165, 1.54) is 0 Å². The summed E-state index contributed by atoms with van der Waals surface area (Å²) >= 11 is 0. The third kappa shape index (κ3) is 11.7. The van der Waals surface area contributed by atoms with Crippen LogP contribution in [0.1, 0.15) is 79.1 Å². The molecule has 0 aromatic rings. The van der Waals surface area contributed by atoms with Crippen LogP contribution in [-0.4, -0.2) is 60.5 Å². The maximum atomic E-state index is 12.1. The van der Waals surface area contributed by atoms with E-state index in [9.17, 15) is 24.3 Å². The molecule has 9 heteroatoms. The van der Waals surface area contributed by atoms with Crippen molar-refractivity contribution in [2.45, 2.75) is 97.4 Å². The summed E-state index contributed by atoms with van der Waals surface area (Å²) in [6.07, 6.45) is -1.20. The van der Waals surface area contributed by atoms with E-state index in [-0.39, 0.29) is 32.3 Å². The Bertz CT molecular complexity index is 533. The van der Waals surface area contributed by atoms with Gasteiger partial charge in [0.15, 0.2) is 18.3 Å². The zero-order valence-corrected chi connectivity index (χ0v) is 18.5. The molecule has 0 saturated carbocycles. The number of carbonyl (C=O) groups is 4. The number of rotatable bonds is 16. The van der Waals surface area contributed by atoms with Gasteiger partial charge in [-0.3, -0.25) is 19.2 Å². The fourth-order valence-corrected chi connectivity index (χ4v) is 2.53. The van der Waals surface area contributed by atoms with E-state index in [4.69, 9.17) is 18.9 Å². The lowest BCUT2D eigenvalue weighted by atomic mass is 10.1. The number of aliphatic hydroxyl groups is 1. The van der Waals surface area contributed by atoms with E-state index in [0.29, 0.717) is 25.7 Å². The molecule has 0 radical (unpaired) electrons. The van der Waals surface area contributed by atoms with Crippen LogP contribution in [0.15, 0.2) is 0 Å². The number of ether oxygens (including phenoxy) is 4. The Morgan fingerprint density at radius 3 is 1.47 bits per heavy atom. The molecule has 0 aromatic heterocycles. The standard InChI is InChI=1S/C21H36O9/c1-5-9-17(23)27-14-16(29-19(25)11-7-3)21(30-20(26)12-8-4)15(13-22)28-18(24)10-6-2/h15-16,21-22H,5-14H2,1-4H3/t15-,16+,21+/m1/s1. The first-order valence-corrected chi connectivity index (χ1v) is 10.7. The molecule has 0 saturated heterocycles. The zero-order valence-electron chi connectivity index (χ0n) is 18.5. The predicted molar refractivity (Wildman–Crippen MR) is 107 cm³/mol. The number of esters is 4. The van der Waals surface area contributed by atoms with Crippen molar-refractivity contribution in [1.82, 2.24) is 0 Å². The third-order valence-electron chi connectivity index (χ3n) is 3.97. The Kier molecular flexibility index (Phi) is 15.4. The van der Waals surface area contributed by atoms with E-state index < -0.39 is 48.8 Å². The van der Waals surface area contributed by atoms with Crippen molar-refractivity contribution in [1.29, 1.82) is 0 Å². The lowest BCUT2D eigenvalue weighted by molar-refractivity contribution is -0.195. The van der Waals surface area contributed by atoms with Gasteiger partial charge in [-0.25, -0.2) is 0 Å². The molecule has 0 unspecified atom stereocenters. The van der Waals surface area contributed by atoms with Gasteiger partial charge in [0.2, 0.25) is 0 Å². The van der Waals surface area contributed by atoms with Gasteiger partial charge in [0.05, 0.1) is 6.61 Å². The minimum absolute atomic E-state index is 0.0861. The number of hydrogen-bond acceptors (Lipinski definition) is 9. The Labute approximate surface area is 178 Å². The zero-order chi connectivity index (χ0) is 22.9.